The Hall–Kier alpha value is -2.03. The fourth-order valence-corrected chi connectivity index (χ4v) is 1.25. The number of nitrogens with zero attached hydrogens (tertiary/aromatic N) is 1. The fraction of sp³-hybridized carbons (Fsp3) is 0.400. The number of ether oxygens (including phenoxy) is 2. The first kappa shape index (κ1) is 15.0. The smallest absolute Gasteiger partial charge is 0.461 e. The molecule has 0 aliphatic rings. The summed E-state index contributed by atoms with van der Waals surface area (Å²) in [6.45, 7) is 1.39. The van der Waals surface area contributed by atoms with Crippen molar-refractivity contribution in [3.05, 3.63) is 17.5 Å². The molecule has 6 nitrogen and oxygen atoms in total. The highest BCUT2D eigenvalue weighted by Gasteiger charge is 2.33. The molecule has 0 amide bonds. The van der Waals surface area contributed by atoms with Gasteiger partial charge in [0.1, 0.15) is 5.69 Å². The van der Waals surface area contributed by atoms with Crippen LogP contribution in [0, 0.1) is 0 Å². The standard InChI is InChI=1S/C10H12F3N3O3/c1-2-18-9(17)8-7(15)6(19-10(11,12)13)3-5(4-14)16-8/h3H,2,4,14-15H2,1H3. The van der Waals surface area contributed by atoms with Crippen LogP contribution in [0.4, 0.5) is 18.9 Å². The average molecular weight is 279 g/mol. The lowest BCUT2D eigenvalue weighted by Crippen LogP contribution is -2.21. The lowest BCUT2D eigenvalue weighted by molar-refractivity contribution is -0.274. The number of esters is 1. The Balaban J connectivity index is 3.24. The van der Waals surface area contributed by atoms with E-state index in [9.17, 15) is 18.0 Å². The minimum absolute atomic E-state index is 0.0245. The zero-order chi connectivity index (χ0) is 14.6. The van der Waals surface area contributed by atoms with Gasteiger partial charge in [-0.15, -0.1) is 13.2 Å². The molecule has 0 spiro atoms. The second kappa shape index (κ2) is 5.74. The van der Waals surface area contributed by atoms with E-state index in [1.54, 1.807) is 0 Å². The van der Waals surface area contributed by atoms with Gasteiger partial charge in [0.2, 0.25) is 0 Å². The van der Waals surface area contributed by atoms with Crippen molar-refractivity contribution in [2.45, 2.75) is 19.8 Å². The van der Waals surface area contributed by atoms with Crippen molar-refractivity contribution in [1.29, 1.82) is 0 Å². The van der Waals surface area contributed by atoms with Gasteiger partial charge in [-0.05, 0) is 6.92 Å². The van der Waals surface area contributed by atoms with Crippen LogP contribution in [0.15, 0.2) is 6.07 Å². The van der Waals surface area contributed by atoms with Gasteiger partial charge in [0.15, 0.2) is 11.4 Å². The Morgan fingerprint density at radius 1 is 1.47 bits per heavy atom. The number of hydrogen-bond donors (Lipinski definition) is 2. The predicted octanol–water partition coefficient (Wildman–Crippen LogP) is 1.20. The van der Waals surface area contributed by atoms with E-state index in [2.05, 4.69) is 14.5 Å². The highest BCUT2D eigenvalue weighted by Crippen LogP contribution is 2.31. The molecule has 0 radical (unpaired) electrons. The minimum Gasteiger partial charge on any atom is -0.461 e. The summed E-state index contributed by atoms with van der Waals surface area (Å²) in [4.78, 5) is 15.2. The molecular weight excluding hydrogens is 267 g/mol. The van der Waals surface area contributed by atoms with Crippen LogP contribution in [0.2, 0.25) is 0 Å². The molecule has 4 N–H and O–H groups in total. The van der Waals surface area contributed by atoms with E-state index in [0.29, 0.717) is 0 Å². The Bertz CT molecular complexity index is 477. The van der Waals surface area contributed by atoms with E-state index in [0.717, 1.165) is 6.07 Å². The largest absolute Gasteiger partial charge is 0.573 e. The molecule has 0 aliphatic heterocycles. The number of rotatable bonds is 4. The first-order valence-corrected chi connectivity index (χ1v) is 5.20. The third-order valence-electron chi connectivity index (χ3n) is 1.98. The molecule has 0 aliphatic carbocycles. The van der Waals surface area contributed by atoms with Crippen molar-refractivity contribution in [1.82, 2.24) is 4.98 Å². The van der Waals surface area contributed by atoms with Crippen LogP contribution < -0.4 is 16.2 Å². The zero-order valence-corrected chi connectivity index (χ0v) is 9.95. The van der Waals surface area contributed by atoms with Crippen LogP contribution in [-0.2, 0) is 11.3 Å². The maximum Gasteiger partial charge on any atom is 0.573 e. The molecule has 0 atom stereocenters. The second-order valence-corrected chi connectivity index (χ2v) is 3.35. The molecule has 0 bridgehead atoms. The van der Waals surface area contributed by atoms with Crippen LogP contribution in [0.25, 0.3) is 0 Å². The molecule has 1 rings (SSSR count). The van der Waals surface area contributed by atoms with Crippen molar-refractivity contribution in [3.8, 4) is 5.75 Å². The van der Waals surface area contributed by atoms with Crippen molar-refractivity contribution in [2.24, 2.45) is 5.73 Å². The summed E-state index contributed by atoms with van der Waals surface area (Å²) in [6.07, 6.45) is -4.94. The highest BCUT2D eigenvalue weighted by molar-refractivity contribution is 5.94. The number of carbonyl (C=O) groups is 1. The normalized spacial score (nSPS) is 11.2. The predicted molar refractivity (Wildman–Crippen MR) is 59.2 cm³/mol. The Morgan fingerprint density at radius 3 is 2.58 bits per heavy atom. The monoisotopic (exact) mass is 279 g/mol. The molecule has 0 fully saturated rings. The lowest BCUT2D eigenvalue weighted by atomic mass is 10.2. The number of nitrogen functional groups attached to an aromatic ring is 1. The Labute approximate surface area is 106 Å². The van der Waals surface area contributed by atoms with Gasteiger partial charge < -0.3 is 20.9 Å². The van der Waals surface area contributed by atoms with Crippen LogP contribution >= 0.6 is 0 Å². The number of hydrogen-bond acceptors (Lipinski definition) is 6. The molecule has 9 heteroatoms. The van der Waals surface area contributed by atoms with Crippen LogP contribution in [0.1, 0.15) is 23.1 Å². The SMILES string of the molecule is CCOC(=O)c1nc(CN)cc(OC(F)(F)F)c1N. The minimum atomic E-state index is -4.94. The van der Waals surface area contributed by atoms with Crippen molar-refractivity contribution < 1.29 is 27.4 Å². The maximum atomic E-state index is 12.2. The molecule has 1 heterocycles. The Morgan fingerprint density at radius 2 is 2.11 bits per heavy atom. The van der Waals surface area contributed by atoms with E-state index in [1.807, 2.05) is 0 Å². The van der Waals surface area contributed by atoms with Gasteiger partial charge in [-0.2, -0.15) is 0 Å². The zero-order valence-electron chi connectivity index (χ0n) is 9.95. The van der Waals surface area contributed by atoms with Gasteiger partial charge in [0.05, 0.1) is 12.3 Å². The molecule has 1 aromatic rings. The van der Waals surface area contributed by atoms with E-state index in [1.165, 1.54) is 6.92 Å². The lowest BCUT2D eigenvalue weighted by Gasteiger charge is -2.14. The van der Waals surface area contributed by atoms with Gasteiger partial charge >= 0.3 is 12.3 Å². The van der Waals surface area contributed by atoms with Gasteiger partial charge in [-0.3, -0.25) is 0 Å². The number of alkyl halides is 3. The molecule has 0 saturated carbocycles. The third kappa shape index (κ3) is 3.98. The summed E-state index contributed by atoms with van der Waals surface area (Å²) < 4.78 is 44.9. The molecule has 0 aromatic carbocycles. The molecule has 19 heavy (non-hydrogen) atoms. The maximum absolute atomic E-state index is 12.2. The third-order valence-corrected chi connectivity index (χ3v) is 1.98. The van der Waals surface area contributed by atoms with Crippen molar-refractivity contribution in [3.63, 3.8) is 0 Å². The molecule has 0 unspecified atom stereocenters. The first-order chi connectivity index (χ1) is 8.78. The summed E-state index contributed by atoms with van der Waals surface area (Å²) in [7, 11) is 0. The number of halogens is 3. The van der Waals surface area contributed by atoms with Crippen molar-refractivity contribution >= 4 is 11.7 Å². The summed E-state index contributed by atoms with van der Waals surface area (Å²) in [5.41, 5.74) is 9.72. The summed E-state index contributed by atoms with van der Waals surface area (Å²) in [5.74, 6) is -1.67. The van der Waals surface area contributed by atoms with Gasteiger partial charge in [0, 0.05) is 12.6 Å². The second-order valence-electron chi connectivity index (χ2n) is 3.35. The van der Waals surface area contributed by atoms with E-state index < -0.39 is 29.5 Å². The van der Waals surface area contributed by atoms with Gasteiger partial charge in [-0.1, -0.05) is 0 Å². The van der Waals surface area contributed by atoms with Crippen LogP contribution in [0.5, 0.6) is 5.75 Å². The van der Waals surface area contributed by atoms with E-state index in [4.69, 9.17) is 11.5 Å². The van der Waals surface area contributed by atoms with Gasteiger partial charge in [-0.25, -0.2) is 9.78 Å². The Kier molecular flexibility index (Phi) is 4.54. The summed E-state index contributed by atoms with van der Waals surface area (Å²) >= 11 is 0. The van der Waals surface area contributed by atoms with E-state index >= 15 is 0 Å². The van der Waals surface area contributed by atoms with Crippen LogP contribution in [-0.4, -0.2) is 23.9 Å². The average Bonchev–Trinajstić information content (AvgIpc) is 2.30. The summed E-state index contributed by atoms with van der Waals surface area (Å²) in [5, 5.41) is 0. The molecule has 1 aromatic heterocycles. The summed E-state index contributed by atoms with van der Waals surface area (Å²) in [6, 6.07) is 0.922. The van der Waals surface area contributed by atoms with Crippen molar-refractivity contribution in [2.75, 3.05) is 12.3 Å². The van der Waals surface area contributed by atoms with Gasteiger partial charge in [0.25, 0.3) is 0 Å². The van der Waals surface area contributed by atoms with Crippen LogP contribution in [0.3, 0.4) is 0 Å². The number of anilines is 1. The number of carbonyl (C=O) groups excluding carboxylic acids is 1. The molecule has 0 saturated heterocycles. The number of nitrogens with two attached hydrogens (primary N) is 2. The molecular formula is C10H12F3N3O3. The molecule has 106 valence electrons. The number of aromatic nitrogens is 1. The highest BCUT2D eigenvalue weighted by atomic mass is 19.4. The topological polar surface area (TPSA) is 100 Å². The van der Waals surface area contributed by atoms with E-state index in [-0.39, 0.29) is 18.8 Å². The number of pyridine rings is 1. The first-order valence-electron chi connectivity index (χ1n) is 5.20. The quantitative estimate of drug-likeness (QED) is 0.803. The fourth-order valence-electron chi connectivity index (χ4n) is 1.25.